The number of allylic oxidation sites excluding steroid dienone is 7. The summed E-state index contributed by atoms with van der Waals surface area (Å²) in [5, 5.41) is 0. The molecule has 5 rings (SSSR count). The molecule has 0 N–H and O–H groups in total. The van der Waals surface area contributed by atoms with E-state index in [1.54, 1.807) is 4.90 Å². The van der Waals surface area contributed by atoms with Crippen molar-refractivity contribution in [3.8, 4) is 0 Å². The zero-order valence-electron chi connectivity index (χ0n) is 28.4. The van der Waals surface area contributed by atoms with Gasteiger partial charge in [0.25, 0.3) is 0 Å². The standard InChI is InChI=1S/C39H50N3O2/c1-11-41-31-19-15-13-17-29(31)38(6,7)33(41)25-23-27-21-22-28(35(27)40(10)36(43)44-37(3,4)5)24-26-34-39(8,9)30-18-14-16-20-32(30)42(34)12-2/h13-20,23-26H,11-12,21-22H2,1-10H3/q+1. The van der Waals surface area contributed by atoms with Crippen molar-refractivity contribution < 1.29 is 14.1 Å². The molecular formula is C39H50N3O2+. The van der Waals surface area contributed by atoms with Gasteiger partial charge in [0.05, 0.1) is 11.1 Å². The zero-order chi connectivity index (χ0) is 32.0. The van der Waals surface area contributed by atoms with E-state index in [2.05, 4.69) is 124 Å². The van der Waals surface area contributed by atoms with E-state index in [1.165, 1.54) is 33.9 Å². The smallest absolute Gasteiger partial charge is 0.414 e. The molecule has 1 aliphatic carbocycles. The number of fused-ring (bicyclic) bond motifs is 2. The molecule has 232 valence electrons. The van der Waals surface area contributed by atoms with Crippen LogP contribution >= 0.6 is 0 Å². The first kappa shape index (κ1) is 31.6. The summed E-state index contributed by atoms with van der Waals surface area (Å²) in [7, 11) is 1.85. The Labute approximate surface area is 264 Å². The highest BCUT2D eigenvalue weighted by molar-refractivity contribution is 6.03. The summed E-state index contributed by atoms with van der Waals surface area (Å²) < 4.78 is 8.26. The van der Waals surface area contributed by atoms with Gasteiger partial charge in [-0.1, -0.05) is 62.4 Å². The number of carbonyl (C=O) groups excluding carboxylic acids is 1. The monoisotopic (exact) mass is 592 g/mol. The van der Waals surface area contributed by atoms with Crippen LogP contribution in [0.4, 0.5) is 16.2 Å². The van der Waals surface area contributed by atoms with Crippen molar-refractivity contribution in [1.82, 2.24) is 4.90 Å². The average molecular weight is 593 g/mol. The summed E-state index contributed by atoms with van der Waals surface area (Å²) in [6.45, 7) is 21.2. The molecule has 5 nitrogen and oxygen atoms in total. The summed E-state index contributed by atoms with van der Waals surface area (Å²) >= 11 is 0. The van der Waals surface area contributed by atoms with Gasteiger partial charge in [0.1, 0.15) is 12.1 Å². The number of benzene rings is 2. The maximum Gasteiger partial charge on any atom is 0.414 e. The van der Waals surface area contributed by atoms with E-state index in [0.717, 1.165) is 42.8 Å². The lowest BCUT2D eigenvalue weighted by Crippen LogP contribution is -2.34. The summed E-state index contributed by atoms with van der Waals surface area (Å²) in [5.74, 6) is 0. The molecule has 0 bridgehead atoms. The number of nitrogens with zero attached hydrogens (tertiary/aromatic N) is 3. The summed E-state index contributed by atoms with van der Waals surface area (Å²) in [4.78, 5) is 17.6. The maximum absolute atomic E-state index is 13.4. The first-order chi connectivity index (χ1) is 20.7. The molecule has 0 unspecified atom stereocenters. The van der Waals surface area contributed by atoms with Crippen LogP contribution in [0.1, 0.15) is 86.3 Å². The number of anilines is 1. The van der Waals surface area contributed by atoms with E-state index in [1.807, 2.05) is 27.8 Å². The van der Waals surface area contributed by atoms with Gasteiger partial charge in [-0.3, -0.25) is 4.90 Å². The molecule has 0 fully saturated rings. The summed E-state index contributed by atoms with van der Waals surface area (Å²) in [6, 6.07) is 17.4. The molecule has 2 aromatic rings. The number of para-hydroxylation sites is 2. The molecule has 0 atom stereocenters. The second kappa shape index (κ2) is 11.6. The van der Waals surface area contributed by atoms with Crippen molar-refractivity contribution in [2.75, 3.05) is 25.0 Å². The number of likely N-dealkylation sites (N-methyl/N-ethyl adjacent to an activating group) is 2. The van der Waals surface area contributed by atoms with Crippen LogP contribution in [0.25, 0.3) is 0 Å². The molecule has 0 spiro atoms. The largest absolute Gasteiger partial charge is 0.443 e. The van der Waals surface area contributed by atoms with Crippen LogP contribution in [0.2, 0.25) is 0 Å². The molecule has 0 saturated carbocycles. The number of rotatable bonds is 6. The third kappa shape index (κ3) is 5.46. The van der Waals surface area contributed by atoms with Gasteiger partial charge in [-0.2, -0.15) is 4.58 Å². The van der Waals surface area contributed by atoms with E-state index in [9.17, 15) is 4.79 Å². The molecule has 1 amide bonds. The lowest BCUT2D eigenvalue weighted by Gasteiger charge is -2.27. The fraction of sp³-hybridized carbons (Fsp3) is 0.436. The molecule has 44 heavy (non-hydrogen) atoms. The van der Waals surface area contributed by atoms with Crippen LogP contribution < -0.4 is 4.90 Å². The Kier molecular flexibility index (Phi) is 8.30. The first-order valence-corrected chi connectivity index (χ1v) is 16.1. The molecule has 2 aliphatic heterocycles. The van der Waals surface area contributed by atoms with Crippen LogP contribution in [0, 0.1) is 0 Å². The Morgan fingerprint density at radius 3 is 2.25 bits per heavy atom. The van der Waals surface area contributed by atoms with Crippen molar-refractivity contribution in [2.24, 2.45) is 0 Å². The van der Waals surface area contributed by atoms with E-state index < -0.39 is 5.60 Å². The SMILES string of the molecule is CCN1C(=CC=C2CCC(C=CC3=[N+](CC)c4ccccc4C3(C)C)=C2N(C)C(=O)OC(C)(C)C)C(C)(C)c2ccccc21. The number of hydrogen-bond acceptors (Lipinski definition) is 3. The average Bonchev–Trinajstić information content (AvgIpc) is 3.54. The second-order valence-corrected chi connectivity index (χ2v) is 14.1. The van der Waals surface area contributed by atoms with Gasteiger partial charge in [0.2, 0.25) is 5.69 Å². The van der Waals surface area contributed by atoms with E-state index in [-0.39, 0.29) is 16.9 Å². The number of hydrogen-bond donors (Lipinski definition) is 0. The van der Waals surface area contributed by atoms with Crippen LogP contribution in [-0.4, -0.2) is 47.0 Å². The van der Waals surface area contributed by atoms with Crippen molar-refractivity contribution in [1.29, 1.82) is 0 Å². The fourth-order valence-corrected chi connectivity index (χ4v) is 7.21. The number of ether oxygens (including phenoxy) is 1. The van der Waals surface area contributed by atoms with E-state index in [0.29, 0.717) is 0 Å². The quantitative estimate of drug-likeness (QED) is 0.314. The van der Waals surface area contributed by atoms with Gasteiger partial charge >= 0.3 is 6.09 Å². The summed E-state index contributed by atoms with van der Waals surface area (Å²) in [5.41, 5.74) is 10.2. The van der Waals surface area contributed by atoms with Gasteiger partial charge in [0, 0.05) is 48.1 Å². The molecule has 0 saturated heterocycles. The first-order valence-electron chi connectivity index (χ1n) is 16.1. The Morgan fingerprint density at radius 2 is 1.59 bits per heavy atom. The van der Waals surface area contributed by atoms with Crippen molar-refractivity contribution >= 4 is 23.2 Å². The highest BCUT2D eigenvalue weighted by Gasteiger charge is 2.44. The van der Waals surface area contributed by atoms with Crippen molar-refractivity contribution in [2.45, 2.75) is 91.6 Å². The van der Waals surface area contributed by atoms with Gasteiger partial charge in [0.15, 0.2) is 5.71 Å². The van der Waals surface area contributed by atoms with E-state index >= 15 is 0 Å². The van der Waals surface area contributed by atoms with Crippen LogP contribution in [-0.2, 0) is 15.6 Å². The van der Waals surface area contributed by atoms with Crippen LogP contribution in [0.5, 0.6) is 0 Å². The number of carbonyl (C=O) groups is 1. The maximum atomic E-state index is 13.4. The third-order valence-corrected chi connectivity index (χ3v) is 9.39. The lowest BCUT2D eigenvalue weighted by atomic mass is 9.81. The topological polar surface area (TPSA) is 35.8 Å². The van der Waals surface area contributed by atoms with Crippen LogP contribution in [0.3, 0.4) is 0 Å². The van der Waals surface area contributed by atoms with Crippen molar-refractivity contribution in [3.05, 3.63) is 107 Å². The minimum Gasteiger partial charge on any atom is -0.443 e. The van der Waals surface area contributed by atoms with Crippen LogP contribution in [0.15, 0.2) is 95.4 Å². The van der Waals surface area contributed by atoms with Gasteiger partial charge in [-0.15, -0.1) is 0 Å². The summed E-state index contributed by atoms with van der Waals surface area (Å²) in [6.07, 6.45) is 10.4. The zero-order valence-corrected chi connectivity index (χ0v) is 28.4. The predicted octanol–water partition coefficient (Wildman–Crippen LogP) is 9.18. The molecule has 2 aromatic carbocycles. The minimum atomic E-state index is -0.579. The minimum absolute atomic E-state index is 0.116. The lowest BCUT2D eigenvalue weighted by molar-refractivity contribution is -0.433. The highest BCUT2D eigenvalue weighted by Crippen LogP contribution is 2.48. The van der Waals surface area contributed by atoms with Gasteiger partial charge in [-0.25, -0.2) is 4.79 Å². The molecular weight excluding hydrogens is 542 g/mol. The Morgan fingerprint density at radius 1 is 0.932 bits per heavy atom. The molecule has 2 heterocycles. The molecule has 0 radical (unpaired) electrons. The van der Waals surface area contributed by atoms with E-state index in [4.69, 9.17) is 4.74 Å². The number of amides is 1. The highest BCUT2D eigenvalue weighted by atomic mass is 16.6. The Hall–Kier alpha value is -3.86. The Balaban J connectivity index is 1.59. The fourth-order valence-electron chi connectivity index (χ4n) is 7.21. The second-order valence-electron chi connectivity index (χ2n) is 14.1. The third-order valence-electron chi connectivity index (χ3n) is 9.39. The normalized spacial score (nSPS) is 20.7. The molecule has 0 aromatic heterocycles. The van der Waals surface area contributed by atoms with Crippen molar-refractivity contribution in [3.63, 3.8) is 0 Å². The van der Waals surface area contributed by atoms with Gasteiger partial charge < -0.3 is 9.64 Å². The molecule has 3 aliphatic rings. The molecule has 5 heteroatoms. The Bertz CT molecular complexity index is 1620. The van der Waals surface area contributed by atoms with Gasteiger partial charge in [-0.05, 0) is 90.2 Å². The predicted molar refractivity (Wildman–Crippen MR) is 183 cm³/mol.